The molecule has 0 saturated heterocycles. The lowest BCUT2D eigenvalue weighted by Gasteiger charge is -2.28. The molecular weight excluding hydrogens is 290 g/mol. The Morgan fingerprint density at radius 3 is 1.42 bits per heavy atom. The number of nitrogens with zero attached hydrogens (tertiary/aromatic N) is 1. The van der Waals surface area contributed by atoms with E-state index in [0.29, 0.717) is 0 Å². The summed E-state index contributed by atoms with van der Waals surface area (Å²) in [6.45, 7) is 0. The highest BCUT2D eigenvalue weighted by Crippen LogP contribution is 2.35. The second-order valence-corrected chi connectivity index (χ2v) is 6.50. The van der Waals surface area contributed by atoms with Crippen LogP contribution in [0.15, 0.2) is 84.9 Å². The number of hydrogen-bond acceptors (Lipinski definition) is 1. The van der Waals surface area contributed by atoms with Crippen molar-refractivity contribution in [2.24, 2.45) is 0 Å². The maximum absolute atomic E-state index is 2.31. The summed E-state index contributed by atoms with van der Waals surface area (Å²) in [6, 6.07) is 30.8. The Bertz CT molecular complexity index is 911. The Morgan fingerprint density at radius 2 is 0.958 bits per heavy atom. The van der Waals surface area contributed by atoms with Gasteiger partial charge in [0.05, 0.1) is 6.04 Å². The van der Waals surface area contributed by atoms with Gasteiger partial charge in [0.2, 0.25) is 0 Å². The minimum atomic E-state index is 0.224. The van der Waals surface area contributed by atoms with Gasteiger partial charge in [-0.3, -0.25) is 4.90 Å². The van der Waals surface area contributed by atoms with Gasteiger partial charge in [0, 0.05) is 0 Å². The van der Waals surface area contributed by atoms with Gasteiger partial charge in [0.1, 0.15) is 0 Å². The lowest BCUT2D eigenvalue weighted by atomic mass is 9.90. The molecule has 4 aromatic carbocycles. The van der Waals surface area contributed by atoms with E-state index < -0.39 is 0 Å². The lowest BCUT2D eigenvalue weighted by molar-refractivity contribution is 0.346. The molecule has 0 aliphatic carbocycles. The Balaban J connectivity index is 2.01. The quantitative estimate of drug-likeness (QED) is 0.473. The molecule has 118 valence electrons. The van der Waals surface area contributed by atoms with Crippen molar-refractivity contribution in [1.29, 1.82) is 0 Å². The monoisotopic (exact) mass is 311 g/mol. The second kappa shape index (κ2) is 6.10. The van der Waals surface area contributed by atoms with Crippen LogP contribution >= 0.6 is 0 Å². The van der Waals surface area contributed by atoms with Crippen LogP contribution in [-0.4, -0.2) is 19.0 Å². The summed E-state index contributed by atoms with van der Waals surface area (Å²) in [7, 11) is 4.32. The van der Waals surface area contributed by atoms with Gasteiger partial charge in [-0.05, 0) is 46.8 Å². The Morgan fingerprint density at radius 1 is 0.542 bits per heavy atom. The number of hydrogen-bond donors (Lipinski definition) is 0. The smallest absolute Gasteiger partial charge is 0.0609 e. The third kappa shape index (κ3) is 2.47. The predicted molar refractivity (Wildman–Crippen MR) is 103 cm³/mol. The van der Waals surface area contributed by atoms with E-state index in [4.69, 9.17) is 0 Å². The summed E-state index contributed by atoms with van der Waals surface area (Å²) in [6.07, 6.45) is 0. The maximum atomic E-state index is 2.31. The van der Waals surface area contributed by atoms with Crippen molar-refractivity contribution >= 4 is 21.5 Å². The molecule has 1 nitrogen and oxygen atoms in total. The number of rotatable bonds is 3. The molecule has 0 atom stereocenters. The average Bonchev–Trinajstić information content (AvgIpc) is 2.62. The highest BCUT2D eigenvalue weighted by molar-refractivity contribution is 5.90. The molecule has 0 aliphatic heterocycles. The van der Waals surface area contributed by atoms with Crippen LogP contribution in [0.4, 0.5) is 0 Å². The number of fused-ring (bicyclic) bond motifs is 2. The van der Waals surface area contributed by atoms with Crippen LogP contribution in [0.2, 0.25) is 0 Å². The topological polar surface area (TPSA) is 3.24 Å². The van der Waals surface area contributed by atoms with Gasteiger partial charge in [-0.15, -0.1) is 0 Å². The fourth-order valence-corrected chi connectivity index (χ4v) is 3.70. The summed E-state index contributed by atoms with van der Waals surface area (Å²) < 4.78 is 0. The van der Waals surface area contributed by atoms with E-state index in [2.05, 4.69) is 104 Å². The lowest BCUT2D eigenvalue weighted by Crippen LogP contribution is -2.21. The highest BCUT2D eigenvalue weighted by Gasteiger charge is 2.20. The summed E-state index contributed by atoms with van der Waals surface area (Å²) >= 11 is 0. The Labute approximate surface area is 143 Å². The highest BCUT2D eigenvalue weighted by atomic mass is 15.1. The SMILES string of the molecule is CN(C)C(c1cccc2ccccc12)c1cccc2ccccc12. The van der Waals surface area contributed by atoms with Crippen LogP contribution in [0.3, 0.4) is 0 Å². The minimum Gasteiger partial charge on any atom is -0.299 e. The van der Waals surface area contributed by atoms with E-state index in [1.165, 1.54) is 32.7 Å². The van der Waals surface area contributed by atoms with Gasteiger partial charge in [-0.2, -0.15) is 0 Å². The molecule has 0 spiro atoms. The molecule has 24 heavy (non-hydrogen) atoms. The second-order valence-electron chi connectivity index (χ2n) is 6.50. The van der Waals surface area contributed by atoms with E-state index in [-0.39, 0.29) is 6.04 Å². The molecule has 4 rings (SSSR count). The largest absolute Gasteiger partial charge is 0.299 e. The fraction of sp³-hybridized carbons (Fsp3) is 0.130. The zero-order valence-electron chi connectivity index (χ0n) is 14.1. The first-order valence-corrected chi connectivity index (χ1v) is 8.37. The van der Waals surface area contributed by atoms with Crippen LogP contribution in [-0.2, 0) is 0 Å². The van der Waals surface area contributed by atoms with E-state index >= 15 is 0 Å². The van der Waals surface area contributed by atoms with Crippen LogP contribution < -0.4 is 0 Å². The summed E-state index contributed by atoms with van der Waals surface area (Å²) in [5.74, 6) is 0. The van der Waals surface area contributed by atoms with Crippen molar-refractivity contribution in [2.75, 3.05) is 14.1 Å². The van der Waals surface area contributed by atoms with Gasteiger partial charge in [0.25, 0.3) is 0 Å². The van der Waals surface area contributed by atoms with Crippen molar-refractivity contribution in [3.63, 3.8) is 0 Å². The molecule has 4 aromatic rings. The van der Waals surface area contributed by atoms with Crippen LogP contribution in [0.1, 0.15) is 17.2 Å². The molecule has 0 aromatic heterocycles. The summed E-state index contributed by atoms with van der Waals surface area (Å²) in [5, 5.41) is 5.24. The van der Waals surface area contributed by atoms with Gasteiger partial charge in [-0.1, -0.05) is 84.9 Å². The third-order valence-corrected chi connectivity index (χ3v) is 4.75. The van der Waals surface area contributed by atoms with Crippen molar-refractivity contribution in [3.05, 3.63) is 96.1 Å². The summed E-state index contributed by atoms with van der Waals surface area (Å²) in [5.41, 5.74) is 2.71. The minimum absolute atomic E-state index is 0.224. The molecule has 0 N–H and O–H groups in total. The molecule has 0 saturated carbocycles. The molecule has 1 heteroatoms. The predicted octanol–water partition coefficient (Wildman–Crippen LogP) is 5.64. The van der Waals surface area contributed by atoms with Crippen molar-refractivity contribution in [1.82, 2.24) is 4.90 Å². The van der Waals surface area contributed by atoms with Gasteiger partial charge in [0.15, 0.2) is 0 Å². The Kier molecular flexibility index (Phi) is 3.79. The molecule has 0 bridgehead atoms. The third-order valence-electron chi connectivity index (χ3n) is 4.75. The first-order valence-electron chi connectivity index (χ1n) is 8.37. The van der Waals surface area contributed by atoms with Gasteiger partial charge >= 0.3 is 0 Å². The maximum Gasteiger partial charge on any atom is 0.0609 e. The first kappa shape index (κ1) is 14.9. The first-order chi connectivity index (χ1) is 11.8. The zero-order chi connectivity index (χ0) is 16.5. The standard InChI is InChI=1S/C23H21N/c1-24(2)23(21-15-7-11-17-9-3-5-13-19(17)21)22-16-8-12-18-10-4-6-14-20(18)22/h3-16,23H,1-2H3. The van der Waals surface area contributed by atoms with Gasteiger partial charge in [-0.25, -0.2) is 0 Å². The Hall–Kier alpha value is -2.64. The van der Waals surface area contributed by atoms with Crippen molar-refractivity contribution in [3.8, 4) is 0 Å². The zero-order valence-corrected chi connectivity index (χ0v) is 14.1. The fourth-order valence-electron chi connectivity index (χ4n) is 3.70. The molecule has 0 fully saturated rings. The normalized spacial score (nSPS) is 11.7. The van der Waals surface area contributed by atoms with Crippen LogP contribution in [0.25, 0.3) is 21.5 Å². The molecular formula is C23H21N. The molecule has 0 aliphatic rings. The van der Waals surface area contributed by atoms with Crippen LogP contribution in [0, 0.1) is 0 Å². The van der Waals surface area contributed by atoms with E-state index in [9.17, 15) is 0 Å². The molecule has 0 unspecified atom stereocenters. The van der Waals surface area contributed by atoms with E-state index in [1.54, 1.807) is 0 Å². The van der Waals surface area contributed by atoms with E-state index in [1.807, 2.05) is 0 Å². The van der Waals surface area contributed by atoms with Crippen molar-refractivity contribution in [2.45, 2.75) is 6.04 Å². The average molecular weight is 311 g/mol. The summed E-state index contributed by atoms with van der Waals surface area (Å²) in [4.78, 5) is 2.31. The van der Waals surface area contributed by atoms with Gasteiger partial charge < -0.3 is 0 Å². The van der Waals surface area contributed by atoms with E-state index in [0.717, 1.165) is 0 Å². The molecule has 0 heterocycles. The number of benzene rings is 4. The van der Waals surface area contributed by atoms with Crippen molar-refractivity contribution < 1.29 is 0 Å². The van der Waals surface area contributed by atoms with Crippen LogP contribution in [0.5, 0.6) is 0 Å². The molecule has 0 amide bonds. The molecule has 0 radical (unpaired) electrons.